The van der Waals surface area contributed by atoms with Crippen molar-refractivity contribution in [1.82, 2.24) is 0 Å². The number of para-hydroxylation sites is 1. The molecule has 0 saturated carbocycles. The summed E-state index contributed by atoms with van der Waals surface area (Å²) in [5, 5.41) is 13.1. The molecule has 0 radical (unpaired) electrons. The molecule has 0 aliphatic carbocycles. The number of carboxylic acids is 1. The van der Waals surface area contributed by atoms with E-state index in [2.05, 4.69) is 5.32 Å². The zero-order chi connectivity index (χ0) is 14.1. The van der Waals surface area contributed by atoms with Gasteiger partial charge < -0.3 is 10.4 Å². The standard InChI is InChI=1S/C15H21NO2S/c1-11-6-4-5-7-12(11)16-15(13(17)18)10-19-9-8-14(15,2)3/h4-7,16H,8-10H2,1-3H3,(H,17,18). The van der Waals surface area contributed by atoms with Gasteiger partial charge in [-0.05, 0) is 30.7 Å². The Labute approximate surface area is 118 Å². The van der Waals surface area contributed by atoms with Gasteiger partial charge in [-0.2, -0.15) is 11.8 Å². The Morgan fingerprint density at radius 1 is 1.37 bits per heavy atom. The van der Waals surface area contributed by atoms with E-state index in [0.717, 1.165) is 23.4 Å². The van der Waals surface area contributed by atoms with Crippen molar-refractivity contribution in [2.45, 2.75) is 32.7 Å². The number of carboxylic acid groups (broad SMARTS) is 1. The average Bonchev–Trinajstić information content (AvgIpc) is 2.34. The van der Waals surface area contributed by atoms with Crippen molar-refractivity contribution in [2.24, 2.45) is 5.41 Å². The molecule has 1 fully saturated rings. The molecule has 0 bridgehead atoms. The summed E-state index contributed by atoms with van der Waals surface area (Å²) in [6, 6.07) is 7.86. The molecule has 2 rings (SSSR count). The van der Waals surface area contributed by atoms with Gasteiger partial charge in [-0.15, -0.1) is 0 Å². The van der Waals surface area contributed by atoms with E-state index in [-0.39, 0.29) is 5.41 Å². The van der Waals surface area contributed by atoms with Crippen LogP contribution in [0.5, 0.6) is 0 Å². The van der Waals surface area contributed by atoms with Gasteiger partial charge in [0.25, 0.3) is 0 Å². The minimum absolute atomic E-state index is 0.271. The zero-order valence-electron chi connectivity index (χ0n) is 11.7. The Balaban J connectivity index is 2.41. The molecule has 0 amide bonds. The second-order valence-corrected chi connectivity index (χ2v) is 6.94. The van der Waals surface area contributed by atoms with Crippen LogP contribution in [0.3, 0.4) is 0 Å². The van der Waals surface area contributed by atoms with Crippen LogP contribution in [-0.4, -0.2) is 28.1 Å². The molecule has 1 heterocycles. The SMILES string of the molecule is Cc1ccccc1NC1(C(=O)O)CSCCC1(C)C. The predicted octanol–water partition coefficient (Wildman–Crippen LogP) is 3.39. The van der Waals surface area contributed by atoms with Gasteiger partial charge in [0.05, 0.1) is 0 Å². The van der Waals surface area contributed by atoms with Crippen molar-refractivity contribution >= 4 is 23.4 Å². The van der Waals surface area contributed by atoms with Crippen LogP contribution < -0.4 is 5.32 Å². The van der Waals surface area contributed by atoms with Gasteiger partial charge in [-0.1, -0.05) is 32.0 Å². The Morgan fingerprint density at radius 3 is 2.63 bits per heavy atom. The highest BCUT2D eigenvalue weighted by atomic mass is 32.2. The molecule has 19 heavy (non-hydrogen) atoms. The van der Waals surface area contributed by atoms with Crippen molar-refractivity contribution < 1.29 is 9.90 Å². The number of benzene rings is 1. The summed E-state index contributed by atoms with van der Waals surface area (Å²) in [6.45, 7) is 6.10. The number of hydrogen-bond acceptors (Lipinski definition) is 3. The molecule has 4 heteroatoms. The predicted molar refractivity (Wildman–Crippen MR) is 80.9 cm³/mol. The fourth-order valence-electron chi connectivity index (χ4n) is 2.51. The normalized spacial score (nSPS) is 25.8. The maximum Gasteiger partial charge on any atom is 0.330 e. The first kappa shape index (κ1) is 14.3. The zero-order valence-corrected chi connectivity index (χ0v) is 12.5. The highest BCUT2D eigenvalue weighted by molar-refractivity contribution is 7.99. The van der Waals surface area contributed by atoms with Crippen LogP contribution >= 0.6 is 11.8 Å². The number of hydrogen-bond donors (Lipinski definition) is 2. The molecule has 3 nitrogen and oxygen atoms in total. The summed E-state index contributed by atoms with van der Waals surface area (Å²) in [7, 11) is 0. The molecule has 1 aromatic carbocycles. The molecule has 1 aromatic rings. The van der Waals surface area contributed by atoms with E-state index in [0.29, 0.717) is 5.75 Å². The topological polar surface area (TPSA) is 49.3 Å². The number of thioether (sulfide) groups is 1. The second-order valence-electron chi connectivity index (χ2n) is 5.84. The van der Waals surface area contributed by atoms with Gasteiger partial charge in [-0.25, -0.2) is 4.79 Å². The third kappa shape index (κ3) is 2.46. The maximum absolute atomic E-state index is 11.9. The minimum atomic E-state index is -0.901. The number of rotatable bonds is 3. The van der Waals surface area contributed by atoms with E-state index in [1.807, 2.05) is 45.0 Å². The van der Waals surface area contributed by atoms with E-state index in [9.17, 15) is 9.90 Å². The molecule has 1 saturated heterocycles. The third-order valence-electron chi connectivity index (χ3n) is 4.20. The van der Waals surface area contributed by atoms with Gasteiger partial charge in [-0.3, -0.25) is 0 Å². The Kier molecular flexibility index (Phi) is 3.81. The first-order chi connectivity index (χ1) is 8.89. The lowest BCUT2D eigenvalue weighted by Gasteiger charge is -2.47. The van der Waals surface area contributed by atoms with Crippen LogP contribution in [0.25, 0.3) is 0 Å². The van der Waals surface area contributed by atoms with E-state index < -0.39 is 11.5 Å². The average molecular weight is 279 g/mol. The lowest BCUT2D eigenvalue weighted by atomic mass is 9.70. The van der Waals surface area contributed by atoms with Crippen LogP contribution in [0.15, 0.2) is 24.3 Å². The number of aliphatic carboxylic acids is 1. The first-order valence-electron chi connectivity index (χ1n) is 6.54. The third-order valence-corrected chi connectivity index (χ3v) is 5.33. The van der Waals surface area contributed by atoms with Crippen LogP contribution in [0.2, 0.25) is 0 Å². The van der Waals surface area contributed by atoms with Crippen LogP contribution in [0.1, 0.15) is 25.8 Å². The number of aryl methyl sites for hydroxylation is 1. The molecule has 0 aromatic heterocycles. The van der Waals surface area contributed by atoms with Gasteiger partial charge in [0.2, 0.25) is 0 Å². The lowest BCUT2D eigenvalue weighted by molar-refractivity contribution is -0.145. The fourth-order valence-corrected chi connectivity index (χ4v) is 4.21. The fraction of sp³-hybridized carbons (Fsp3) is 0.533. The molecule has 104 valence electrons. The van der Waals surface area contributed by atoms with E-state index in [1.165, 1.54) is 0 Å². The van der Waals surface area contributed by atoms with E-state index in [1.54, 1.807) is 11.8 Å². The Hall–Kier alpha value is -1.16. The highest BCUT2D eigenvalue weighted by Crippen LogP contribution is 2.44. The second kappa shape index (κ2) is 5.08. The minimum Gasteiger partial charge on any atom is -0.479 e. The largest absolute Gasteiger partial charge is 0.479 e. The van der Waals surface area contributed by atoms with Gasteiger partial charge in [0.1, 0.15) is 5.54 Å². The lowest BCUT2D eigenvalue weighted by Crippen LogP contribution is -2.61. The van der Waals surface area contributed by atoms with Crippen molar-refractivity contribution in [2.75, 3.05) is 16.8 Å². The molecule has 1 aliphatic rings. The summed E-state index contributed by atoms with van der Waals surface area (Å²) in [5.41, 5.74) is 0.823. The summed E-state index contributed by atoms with van der Waals surface area (Å²) >= 11 is 1.71. The Bertz CT molecular complexity index is 487. The number of carbonyl (C=O) groups is 1. The molecule has 1 aliphatic heterocycles. The van der Waals surface area contributed by atoms with Crippen LogP contribution in [0.4, 0.5) is 5.69 Å². The first-order valence-corrected chi connectivity index (χ1v) is 7.69. The maximum atomic E-state index is 11.9. The highest BCUT2D eigenvalue weighted by Gasteiger charge is 2.53. The molecule has 1 unspecified atom stereocenters. The van der Waals surface area contributed by atoms with Gasteiger partial charge >= 0.3 is 5.97 Å². The summed E-state index contributed by atoms with van der Waals surface area (Å²) in [6.07, 6.45) is 0.906. The Morgan fingerprint density at radius 2 is 2.05 bits per heavy atom. The summed E-state index contributed by atoms with van der Waals surface area (Å²) in [4.78, 5) is 11.9. The van der Waals surface area contributed by atoms with Crippen LogP contribution in [0, 0.1) is 12.3 Å². The van der Waals surface area contributed by atoms with E-state index in [4.69, 9.17) is 0 Å². The number of anilines is 1. The van der Waals surface area contributed by atoms with Crippen molar-refractivity contribution in [3.05, 3.63) is 29.8 Å². The summed E-state index contributed by atoms with van der Waals surface area (Å²) < 4.78 is 0. The van der Waals surface area contributed by atoms with Crippen molar-refractivity contribution in [3.63, 3.8) is 0 Å². The smallest absolute Gasteiger partial charge is 0.330 e. The molecule has 0 spiro atoms. The van der Waals surface area contributed by atoms with Crippen molar-refractivity contribution in [1.29, 1.82) is 0 Å². The summed E-state index contributed by atoms with van der Waals surface area (Å²) in [5.74, 6) is 0.870. The molecule has 1 atom stereocenters. The van der Waals surface area contributed by atoms with Gasteiger partial charge in [0.15, 0.2) is 0 Å². The van der Waals surface area contributed by atoms with Crippen molar-refractivity contribution in [3.8, 4) is 0 Å². The molecule has 2 N–H and O–H groups in total. The number of nitrogens with one attached hydrogen (secondary N) is 1. The van der Waals surface area contributed by atoms with Crippen LogP contribution in [-0.2, 0) is 4.79 Å². The van der Waals surface area contributed by atoms with E-state index >= 15 is 0 Å². The molecular formula is C15H21NO2S. The molecular weight excluding hydrogens is 258 g/mol. The monoisotopic (exact) mass is 279 g/mol. The quantitative estimate of drug-likeness (QED) is 0.890. The van der Waals surface area contributed by atoms with Gasteiger partial charge in [0, 0.05) is 16.9 Å².